The molecule has 0 radical (unpaired) electrons. The molecule has 0 saturated carbocycles. The summed E-state index contributed by atoms with van der Waals surface area (Å²) in [6.45, 7) is 1.99. The molecule has 0 saturated heterocycles. The molecular weight excluding hydrogens is 376 g/mol. The van der Waals surface area contributed by atoms with Crippen molar-refractivity contribution in [1.29, 1.82) is 0 Å². The summed E-state index contributed by atoms with van der Waals surface area (Å²) in [5.74, 6) is 1.93. The molecule has 0 fully saturated rings. The Kier molecular flexibility index (Phi) is 5.60. The number of aromatic nitrogens is 6. The van der Waals surface area contributed by atoms with E-state index < -0.39 is 0 Å². The molecule has 144 valence electrons. The first-order valence-electron chi connectivity index (χ1n) is 8.24. The number of nitrogens with one attached hydrogen (secondary N) is 2. The SMILES string of the molecule is C.Cc1cccc(Cl)c1Nc1nccn1-c1cc(Nc2cnn(C)c2)ncn1. The quantitative estimate of drug-likeness (QED) is 0.517. The van der Waals surface area contributed by atoms with E-state index in [0.717, 1.165) is 16.9 Å². The molecular formula is C19H21ClN8. The van der Waals surface area contributed by atoms with Crippen molar-refractivity contribution < 1.29 is 0 Å². The first kappa shape index (κ1) is 19.4. The summed E-state index contributed by atoms with van der Waals surface area (Å²) in [5.41, 5.74) is 2.69. The van der Waals surface area contributed by atoms with Crippen LogP contribution in [-0.2, 0) is 7.05 Å². The Hall–Kier alpha value is -3.39. The Labute approximate surface area is 168 Å². The summed E-state index contributed by atoms with van der Waals surface area (Å²) in [6, 6.07) is 7.57. The van der Waals surface area contributed by atoms with Gasteiger partial charge in [-0.25, -0.2) is 15.0 Å². The second-order valence-electron chi connectivity index (χ2n) is 5.97. The van der Waals surface area contributed by atoms with Crippen LogP contribution in [0.2, 0.25) is 5.02 Å². The summed E-state index contributed by atoms with van der Waals surface area (Å²) in [4.78, 5) is 13.0. The largest absolute Gasteiger partial charge is 0.338 e. The molecule has 0 aliphatic carbocycles. The van der Waals surface area contributed by atoms with Gasteiger partial charge in [0.15, 0.2) is 0 Å². The van der Waals surface area contributed by atoms with E-state index in [9.17, 15) is 0 Å². The Morgan fingerprint density at radius 3 is 2.71 bits per heavy atom. The van der Waals surface area contributed by atoms with E-state index in [-0.39, 0.29) is 7.43 Å². The van der Waals surface area contributed by atoms with E-state index in [2.05, 4.69) is 30.7 Å². The maximum Gasteiger partial charge on any atom is 0.213 e. The highest BCUT2D eigenvalue weighted by Crippen LogP contribution is 2.29. The van der Waals surface area contributed by atoms with Crippen LogP contribution in [0, 0.1) is 6.92 Å². The van der Waals surface area contributed by atoms with Crippen LogP contribution in [0.15, 0.2) is 55.4 Å². The van der Waals surface area contributed by atoms with Crippen LogP contribution in [-0.4, -0.2) is 29.3 Å². The topological polar surface area (TPSA) is 85.5 Å². The fraction of sp³-hybridized carbons (Fsp3) is 0.158. The van der Waals surface area contributed by atoms with Gasteiger partial charge in [0.05, 0.1) is 22.6 Å². The minimum atomic E-state index is 0. The number of aryl methyl sites for hydroxylation is 2. The molecule has 0 aliphatic rings. The molecule has 9 heteroatoms. The number of halogens is 1. The highest BCUT2D eigenvalue weighted by molar-refractivity contribution is 6.33. The highest BCUT2D eigenvalue weighted by Gasteiger charge is 2.11. The lowest BCUT2D eigenvalue weighted by Gasteiger charge is -2.13. The predicted octanol–water partition coefficient (Wildman–Crippen LogP) is 4.48. The zero-order valence-corrected chi connectivity index (χ0v) is 15.5. The van der Waals surface area contributed by atoms with Crippen molar-refractivity contribution >= 4 is 34.7 Å². The molecule has 28 heavy (non-hydrogen) atoms. The number of rotatable bonds is 5. The van der Waals surface area contributed by atoms with Crippen LogP contribution in [0.1, 0.15) is 13.0 Å². The second kappa shape index (κ2) is 8.10. The lowest BCUT2D eigenvalue weighted by atomic mass is 10.2. The van der Waals surface area contributed by atoms with Gasteiger partial charge in [-0.2, -0.15) is 5.10 Å². The lowest BCUT2D eigenvalue weighted by molar-refractivity contribution is 0.768. The van der Waals surface area contributed by atoms with Gasteiger partial charge in [-0.3, -0.25) is 9.25 Å². The predicted molar refractivity (Wildman–Crippen MR) is 112 cm³/mol. The molecule has 3 aromatic heterocycles. The third-order valence-corrected chi connectivity index (χ3v) is 4.29. The van der Waals surface area contributed by atoms with Crippen LogP contribution in [0.4, 0.5) is 23.1 Å². The molecule has 3 heterocycles. The number of benzene rings is 1. The minimum absolute atomic E-state index is 0. The molecule has 4 rings (SSSR count). The zero-order valence-electron chi connectivity index (χ0n) is 14.8. The molecule has 0 aliphatic heterocycles. The minimum Gasteiger partial charge on any atom is -0.338 e. The van der Waals surface area contributed by atoms with E-state index in [1.165, 1.54) is 6.33 Å². The molecule has 0 atom stereocenters. The van der Waals surface area contributed by atoms with Crippen molar-refractivity contribution in [1.82, 2.24) is 29.3 Å². The van der Waals surface area contributed by atoms with Crippen LogP contribution in [0.3, 0.4) is 0 Å². The number of hydrogen-bond acceptors (Lipinski definition) is 6. The fourth-order valence-corrected chi connectivity index (χ4v) is 2.93. The first-order valence-corrected chi connectivity index (χ1v) is 8.61. The van der Waals surface area contributed by atoms with E-state index in [1.54, 1.807) is 17.1 Å². The Bertz CT molecular complexity index is 1060. The highest BCUT2D eigenvalue weighted by atomic mass is 35.5. The zero-order chi connectivity index (χ0) is 18.8. The number of imidazole rings is 1. The standard InChI is InChI=1S/C18H17ClN8.CH4/c1-12-4-3-5-14(19)17(12)25-18-20-6-7-27(18)16-8-15(21-11-22-16)24-13-9-23-26(2)10-13;/h3-11H,1-2H3,(H,20,25)(H,21,22,24);1H4. The molecule has 0 bridgehead atoms. The molecule has 2 N–H and O–H groups in total. The number of nitrogens with zero attached hydrogens (tertiary/aromatic N) is 6. The van der Waals surface area contributed by atoms with Gasteiger partial charge < -0.3 is 10.6 Å². The van der Waals surface area contributed by atoms with Gasteiger partial charge in [0.2, 0.25) is 5.95 Å². The summed E-state index contributed by atoms with van der Waals surface area (Å²) in [7, 11) is 1.86. The van der Waals surface area contributed by atoms with Crippen molar-refractivity contribution in [3.05, 3.63) is 66.0 Å². The second-order valence-corrected chi connectivity index (χ2v) is 6.37. The number of anilines is 4. The third kappa shape index (κ3) is 3.96. The maximum atomic E-state index is 6.32. The van der Waals surface area contributed by atoms with Gasteiger partial charge in [-0.15, -0.1) is 0 Å². The van der Waals surface area contributed by atoms with Gasteiger partial charge in [0, 0.05) is 31.7 Å². The fourth-order valence-electron chi connectivity index (χ4n) is 2.66. The van der Waals surface area contributed by atoms with Gasteiger partial charge in [0.25, 0.3) is 0 Å². The summed E-state index contributed by atoms with van der Waals surface area (Å²) < 4.78 is 3.55. The first-order chi connectivity index (χ1) is 13.1. The molecule has 8 nitrogen and oxygen atoms in total. The van der Waals surface area contributed by atoms with Crippen molar-refractivity contribution in [3.63, 3.8) is 0 Å². The maximum absolute atomic E-state index is 6.32. The van der Waals surface area contributed by atoms with Gasteiger partial charge in [-0.05, 0) is 18.6 Å². The van der Waals surface area contributed by atoms with Gasteiger partial charge in [-0.1, -0.05) is 31.2 Å². The number of hydrogen-bond donors (Lipinski definition) is 2. The van der Waals surface area contributed by atoms with Gasteiger partial charge >= 0.3 is 0 Å². The molecule has 1 aromatic carbocycles. The lowest BCUT2D eigenvalue weighted by Crippen LogP contribution is -2.05. The molecule has 0 amide bonds. The average Bonchev–Trinajstić information content (AvgIpc) is 3.27. The van der Waals surface area contributed by atoms with Crippen molar-refractivity contribution in [3.8, 4) is 5.82 Å². The monoisotopic (exact) mass is 396 g/mol. The smallest absolute Gasteiger partial charge is 0.213 e. The van der Waals surface area contributed by atoms with Crippen molar-refractivity contribution in [2.75, 3.05) is 10.6 Å². The van der Waals surface area contributed by atoms with E-state index in [1.807, 2.05) is 55.2 Å². The van der Waals surface area contributed by atoms with Gasteiger partial charge in [0.1, 0.15) is 18.0 Å². The molecule has 0 spiro atoms. The summed E-state index contributed by atoms with van der Waals surface area (Å²) in [6.07, 6.45) is 8.62. The normalized spacial score (nSPS) is 10.4. The van der Waals surface area contributed by atoms with E-state index >= 15 is 0 Å². The average molecular weight is 397 g/mol. The summed E-state index contributed by atoms with van der Waals surface area (Å²) in [5, 5.41) is 11.3. The Balaban J connectivity index is 0.00000225. The van der Waals surface area contributed by atoms with Crippen molar-refractivity contribution in [2.24, 2.45) is 7.05 Å². The third-order valence-electron chi connectivity index (χ3n) is 3.98. The van der Waals surface area contributed by atoms with Crippen LogP contribution >= 0.6 is 11.6 Å². The molecule has 0 unspecified atom stereocenters. The van der Waals surface area contributed by atoms with Crippen molar-refractivity contribution in [2.45, 2.75) is 14.4 Å². The molecule has 4 aromatic rings. The van der Waals surface area contributed by atoms with Crippen LogP contribution in [0.5, 0.6) is 0 Å². The summed E-state index contributed by atoms with van der Waals surface area (Å²) >= 11 is 6.32. The Morgan fingerprint density at radius 2 is 1.96 bits per heavy atom. The van der Waals surface area contributed by atoms with E-state index in [0.29, 0.717) is 22.6 Å². The van der Waals surface area contributed by atoms with E-state index in [4.69, 9.17) is 11.6 Å². The number of para-hydroxylation sites is 1. The van der Waals surface area contributed by atoms with Crippen LogP contribution in [0.25, 0.3) is 5.82 Å². The Morgan fingerprint density at radius 1 is 1.11 bits per heavy atom. The van der Waals surface area contributed by atoms with Crippen LogP contribution < -0.4 is 10.6 Å².